The normalized spacial score (nSPS) is 13.1. The average Bonchev–Trinajstić information content (AvgIpc) is 2.82. The summed E-state index contributed by atoms with van der Waals surface area (Å²) in [5.74, 6) is 0.429. The highest BCUT2D eigenvalue weighted by Gasteiger charge is 2.14. The zero-order valence-corrected chi connectivity index (χ0v) is 15.8. The Labute approximate surface area is 146 Å². The van der Waals surface area contributed by atoms with Crippen LogP contribution in [0.5, 0.6) is 0 Å². The molecular weight excluding hydrogens is 340 g/mol. The minimum Gasteiger partial charge on any atom is -0.319 e. The zero-order chi connectivity index (χ0) is 17.5. The van der Waals surface area contributed by atoms with Crippen molar-refractivity contribution in [3.05, 3.63) is 58.4 Å². The Kier molecular flexibility index (Phi) is 4.36. The predicted octanol–water partition coefficient (Wildman–Crippen LogP) is 3.96. The van der Waals surface area contributed by atoms with E-state index in [2.05, 4.69) is 30.4 Å². The number of thiazole rings is 1. The van der Waals surface area contributed by atoms with Crippen LogP contribution in [-0.4, -0.2) is 13.0 Å². The van der Waals surface area contributed by atoms with Gasteiger partial charge in [-0.3, -0.25) is 0 Å². The van der Waals surface area contributed by atoms with E-state index >= 15 is 0 Å². The number of hydrogen-bond donors (Lipinski definition) is 0. The first-order valence-corrected chi connectivity index (χ1v) is 10.0. The van der Waals surface area contributed by atoms with Crippen LogP contribution in [0.25, 0.3) is 10.2 Å². The molecular formula is C18H20N2O2S2. The number of aromatic nitrogens is 1. The molecule has 0 aliphatic heterocycles. The summed E-state index contributed by atoms with van der Waals surface area (Å²) >= 11 is 1.40. The van der Waals surface area contributed by atoms with E-state index in [4.69, 9.17) is 0 Å². The van der Waals surface area contributed by atoms with Crippen molar-refractivity contribution in [2.75, 3.05) is 0 Å². The molecule has 3 rings (SSSR count). The molecule has 0 fully saturated rings. The number of fused-ring (bicyclic) bond motifs is 1. The van der Waals surface area contributed by atoms with Crippen molar-refractivity contribution < 1.29 is 8.42 Å². The van der Waals surface area contributed by atoms with Crippen LogP contribution in [-0.2, 0) is 17.1 Å². The molecule has 6 heteroatoms. The summed E-state index contributed by atoms with van der Waals surface area (Å²) in [6.45, 7) is 6.20. The highest BCUT2D eigenvalue weighted by atomic mass is 32.2. The van der Waals surface area contributed by atoms with Crippen molar-refractivity contribution in [1.29, 1.82) is 0 Å². The molecule has 2 aromatic carbocycles. The molecule has 0 saturated heterocycles. The Morgan fingerprint density at radius 3 is 2.38 bits per heavy atom. The maximum Gasteiger partial charge on any atom is 0.285 e. The summed E-state index contributed by atoms with van der Waals surface area (Å²) in [6, 6.07) is 13.0. The summed E-state index contributed by atoms with van der Waals surface area (Å²) in [5, 5.41) is 0. The lowest BCUT2D eigenvalue weighted by atomic mass is 10.0. The Hall–Kier alpha value is -1.92. The van der Waals surface area contributed by atoms with Gasteiger partial charge in [-0.25, -0.2) is 0 Å². The van der Waals surface area contributed by atoms with E-state index < -0.39 is 10.0 Å². The third-order valence-electron chi connectivity index (χ3n) is 4.02. The molecule has 0 saturated carbocycles. The molecule has 24 heavy (non-hydrogen) atoms. The van der Waals surface area contributed by atoms with Gasteiger partial charge in [0, 0.05) is 7.05 Å². The number of benzene rings is 2. The molecule has 0 atom stereocenters. The van der Waals surface area contributed by atoms with Crippen molar-refractivity contribution in [3.8, 4) is 0 Å². The molecule has 0 radical (unpaired) electrons. The second kappa shape index (κ2) is 6.18. The minimum absolute atomic E-state index is 0.216. The number of rotatable bonds is 3. The van der Waals surface area contributed by atoms with E-state index in [1.807, 2.05) is 24.6 Å². The molecule has 1 aromatic heterocycles. The lowest BCUT2D eigenvalue weighted by molar-refractivity contribution is 0.596. The van der Waals surface area contributed by atoms with E-state index in [9.17, 15) is 8.42 Å². The molecule has 0 amide bonds. The number of aryl methyl sites for hydroxylation is 2. The van der Waals surface area contributed by atoms with Gasteiger partial charge in [-0.15, -0.1) is 4.40 Å². The third-order valence-corrected chi connectivity index (χ3v) is 6.51. The topological polar surface area (TPSA) is 51.4 Å². The highest BCUT2D eigenvalue weighted by Crippen LogP contribution is 2.23. The molecule has 0 spiro atoms. The minimum atomic E-state index is -3.71. The maximum atomic E-state index is 12.5. The predicted molar refractivity (Wildman–Crippen MR) is 98.8 cm³/mol. The average molecular weight is 361 g/mol. The Morgan fingerprint density at radius 2 is 1.75 bits per heavy atom. The molecule has 0 unspecified atom stereocenters. The summed E-state index contributed by atoms with van der Waals surface area (Å²) in [5.41, 5.74) is 3.24. The first-order chi connectivity index (χ1) is 11.3. The fourth-order valence-corrected chi connectivity index (χ4v) is 4.76. The van der Waals surface area contributed by atoms with Gasteiger partial charge in [0.05, 0.1) is 15.1 Å². The molecule has 4 nitrogen and oxygen atoms in total. The molecule has 0 aliphatic rings. The summed E-state index contributed by atoms with van der Waals surface area (Å²) < 4.78 is 32.0. The van der Waals surface area contributed by atoms with E-state index in [1.165, 1.54) is 16.9 Å². The van der Waals surface area contributed by atoms with Crippen molar-refractivity contribution >= 4 is 31.6 Å². The standard InChI is InChI=1S/C18H20N2O2S2/c1-12(2)14-7-10-16-17(11-14)23-18(20(16)4)19-24(21,22)15-8-5-13(3)6-9-15/h5-12H,1-4H3. The fourth-order valence-electron chi connectivity index (χ4n) is 2.46. The Balaban J connectivity index is 2.16. The van der Waals surface area contributed by atoms with E-state index in [1.54, 1.807) is 24.3 Å². The van der Waals surface area contributed by atoms with Gasteiger partial charge in [0.25, 0.3) is 10.0 Å². The molecule has 126 valence electrons. The third kappa shape index (κ3) is 3.16. The first kappa shape index (κ1) is 16.9. The molecule has 1 heterocycles. The number of sulfonamides is 1. The van der Waals surface area contributed by atoms with Crippen molar-refractivity contribution in [2.24, 2.45) is 11.4 Å². The van der Waals surface area contributed by atoms with Crippen molar-refractivity contribution in [1.82, 2.24) is 4.57 Å². The van der Waals surface area contributed by atoms with Crippen LogP contribution >= 0.6 is 11.3 Å². The highest BCUT2D eigenvalue weighted by molar-refractivity contribution is 7.90. The van der Waals surface area contributed by atoms with Gasteiger partial charge < -0.3 is 4.57 Å². The van der Waals surface area contributed by atoms with Gasteiger partial charge in [0.1, 0.15) is 0 Å². The smallest absolute Gasteiger partial charge is 0.285 e. The maximum absolute atomic E-state index is 12.5. The van der Waals surface area contributed by atoms with Crippen LogP contribution < -0.4 is 4.80 Å². The van der Waals surface area contributed by atoms with Gasteiger partial charge in [0.15, 0.2) is 0 Å². The number of hydrogen-bond acceptors (Lipinski definition) is 3. The number of nitrogens with zero attached hydrogens (tertiary/aromatic N) is 2. The summed E-state index contributed by atoms with van der Waals surface area (Å²) in [7, 11) is -1.87. The molecule has 0 N–H and O–H groups in total. The van der Waals surface area contributed by atoms with Crippen LogP contribution in [0.3, 0.4) is 0 Å². The monoisotopic (exact) mass is 360 g/mol. The lowest BCUT2D eigenvalue weighted by Crippen LogP contribution is -2.13. The van der Waals surface area contributed by atoms with Gasteiger partial charge in [-0.05, 0) is 42.7 Å². The quantitative estimate of drug-likeness (QED) is 0.710. The van der Waals surface area contributed by atoms with Crippen LogP contribution in [0, 0.1) is 6.92 Å². The molecule has 0 bridgehead atoms. The van der Waals surface area contributed by atoms with E-state index in [0.717, 1.165) is 15.8 Å². The van der Waals surface area contributed by atoms with Crippen LogP contribution in [0.2, 0.25) is 0 Å². The lowest BCUT2D eigenvalue weighted by Gasteiger charge is -2.04. The van der Waals surface area contributed by atoms with Gasteiger partial charge >= 0.3 is 0 Å². The van der Waals surface area contributed by atoms with Crippen LogP contribution in [0.1, 0.15) is 30.9 Å². The van der Waals surface area contributed by atoms with E-state index in [-0.39, 0.29) is 4.90 Å². The van der Waals surface area contributed by atoms with Crippen molar-refractivity contribution in [2.45, 2.75) is 31.6 Å². The largest absolute Gasteiger partial charge is 0.319 e. The van der Waals surface area contributed by atoms with Crippen LogP contribution in [0.4, 0.5) is 0 Å². The fraction of sp³-hybridized carbons (Fsp3) is 0.278. The van der Waals surface area contributed by atoms with Crippen LogP contribution in [0.15, 0.2) is 51.8 Å². The van der Waals surface area contributed by atoms with E-state index in [0.29, 0.717) is 10.7 Å². The van der Waals surface area contributed by atoms with Gasteiger partial charge in [-0.1, -0.05) is 48.9 Å². The SMILES string of the molecule is Cc1ccc(S(=O)(=O)N=c2sc3cc(C(C)C)ccc3n2C)cc1. The van der Waals surface area contributed by atoms with Crippen molar-refractivity contribution in [3.63, 3.8) is 0 Å². The summed E-state index contributed by atoms with van der Waals surface area (Å²) in [4.78, 5) is 0.694. The zero-order valence-electron chi connectivity index (χ0n) is 14.1. The van der Waals surface area contributed by atoms with Gasteiger partial charge in [0.2, 0.25) is 4.80 Å². The molecule has 3 aromatic rings. The Bertz CT molecular complexity index is 1060. The molecule has 0 aliphatic carbocycles. The first-order valence-electron chi connectivity index (χ1n) is 7.75. The Morgan fingerprint density at radius 1 is 1.08 bits per heavy atom. The second-order valence-electron chi connectivity index (χ2n) is 6.20. The second-order valence-corrected chi connectivity index (χ2v) is 8.82. The van der Waals surface area contributed by atoms with Gasteiger partial charge in [-0.2, -0.15) is 8.42 Å². The summed E-state index contributed by atoms with van der Waals surface area (Å²) in [6.07, 6.45) is 0.